The van der Waals surface area contributed by atoms with E-state index >= 15 is 0 Å². The molecule has 0 fully saturated rings. The Balaban J connectivity index is 1.45. The smallest absolute Gasteiger partial charge is 0.230 e. The molecule has 8 nitrogen and oxygen atoms in total. The molecule has 0 saturated heterocycles. The van der Waals surface area contributed by atoms with Gasteiger partial charge < -0.3 is 4.74 Å². The quantitative estimate of drug-likeness (QED) is 0.383. The summed E-state index contributed by atoms with van der Waals surface area (Å²) >= 11 is 6.00. The highest BCUT2D eigenvalue weighted by atomic mass is 35.5. The van der Waals surface area contributed by atoms with Gasteiger partial charge >= 0.3 is 0 Å². The lowest BCUT2D eigenvalue weighted by Crippen LogP contribution is -2.03. The molecule has 0 unspecified atom stereocenters. The van der Waals surface area contributed by atoms with Crippen molar-refractivity contribution in [2.75, 3.05) is 12.4 Å². The highest BCUT2D eigenvalue weighted by Gasteiger charge is 2.12. The van der Waals surface area contributed by atoms with E-state index in [1.54, 1.807) is 18.0 Å². The fourth-order valence-corrected chi connectivity index (χ4v) is 3.68. The second-order valence-corrected chi connectivity index (χ2v) is 7.89. The van der Waals surface area contributed by atoms with Crippen molar-refractivity contribution in [3.8, 4) is 22.7 Å². The Morgan fingerprint density at radius 3 is 2.52 bits per heavy atom. The Bertz CT molecular complexity index is 1460. The molecule has 0 radical (unpaired) electrons. The number of halogens is 1. The van der Waals surface area contributed by atoms with Gasteiger partial charge in [-0.1, -0.05) is 11.6 Å². The molecule has 2 aromatic carbocycles. The number of nitrogens with zero attached hydrogens (tertiary/aromatic N) is 6. The number of hydrogen-bond donors (Lipinski definition) is 1. The Kier molecular flexibility index (Phi) is 5.35. The normalized spacial score (nSPS) is 11.0. The standard InChI is InChI=1S/C24H20ClN7O/c1-14-19-12-18(33-3)8-9-21(19)29-24(27-14)30-23-26-11-10-22(28-23)20-13-32(31-15(20)2)17-6-4-16(25)5-7-17/h4-13H,1-3H3,(H,26,27,28,29,30). The van der Waals surface area contributed by atoms with Crippen molar-refractivity contribution in [2.45, 2.75) is 13.8 Å². The van der Waals surface area contributed by atoms with Crippen molar-refractivity contribution in [3.05, 3.63) is 77.3 Å². The molecule has 0 atom stereocenters. The third-order valence-electron chi connectivity index (χ3n) is 5.24. The van der Waals surface area contributed by atoms with Crippen molar-refractivity contribution in [1.29, 1.82) is 0 Å². The molecule has 164 valence electrons. The molecular weight excluding hydrogens is 438 g/mol. The topological polar surface area (TPSA) is 90.6 Å². The van der Waals surface area contributed by atoms with Crippen molar-refractivity contribution in [3.63, 3.8) is 0 Å². The van der Waals surface area contributed by atoms with E-state index in [0.29, 0.717) is 16.9 Å². The van der Waals surface area contributed by atoms with Gasteiger partial charge in [0.25, 0.3) is 0 Å². The van der Waals surface area contributed by atoms with Crippen molar-refractivity contribution < 1.29 is 4.74 Å². The number of rotatable bonds is 5. The average molecular weight is 458 g/mol. The van der Waals surface area contributed by atoms with Gasteiger partial charge in [0, 0.05) is 28.4 Å². The first kappa shape index (κ1) is 20.8. The maximum Gasteiger partial charge on any atom is 0.230 e. The summed E-state index contributed by atoms with van der Waals surface area (Å²) in [5.41, 5.74) is 5.05. The summed E-state index contributed by atoms with van der Waals surface area (Å²) < 4.78 is 7.11. The van der Waals surface area contributed by atoms with Gasteiger partial charge in [0.15, 0.2) is 0 Å². The molecule has 0 bridgehead atoms. The molecule has 5 rings (SSSR count). The third-order valence-corrected chi connectivity index (χ3v) is 5.49. The summed E-state index contributed by atoms with van der Waals surface area (Å²) in [4.78, 5) is 18.1. The van der Waals surface area contributed by atoms with E-state index in [1.807, 2.05) is 68.6 Å². The van der Waals surface area contributed by atoms with Crippen LogP contribution < -0.4 is 10.1 Å². The van der Waals surface area contributed by atoms with Gasteiger partial charge in [-0.25, -0.2) is 24.6 Å². The summed E-state index contributed by atoms with van der Waals surface area (Å²) in [7, 11) is 1.64. The lowest BCUT2D eigenvalue weighted by atomic mass is 10.2. The Labute approximate surface area is 195 Å². The van der Waals surface area contributed by atoms with Crippen LogP contribution in [0.5, 0.6) is 5.75 Å². The van der Waals surface area contributed by atoms with Gasteiger partial charge in [-0.05, 0) is 62.4 Å². The van der Waals surface area contributed by atoms with Crippen LogP contribution in [0.4, 0.5) is 11.9 Å². The van der Waals surface area contributed by atoms with Crippen LogP contribution in [0.1, 0.15) is 11.4 Å². The molecule has 0 aliphatic rings. The van der Waals surface area contributed by atoms with Gasteiger partial charge in [-0.15, -0.1) is 0 Å². The predicted molar refractivity (Wildman–Crippen MR) is 128 cm³/mol. The van der Waals surface area contributed by atoms with Crippen LogP contribution >= 0.6 is 11.6 Å². The van der Waals surface area contributed by atoms with Crippen LogP contribution in [0.3, 0.4) is 0 Å². The summed E-state index contributed by atoms with van der Waals surface area (Å²) in [6.07, 6.45) is 3.64. The molecule has 0 spiro atoms. The minimum Gasteiger partial charge on any atom is -0.497 e. The van der Waals surface area contributed by atoms with Gasteiger partial charge in [0.1, 0.15) is 5.75 Å². The van der Waals surface area contributed by atoms with E-state index in [9.17, 15) is 0 Å². The molecule has 3 heterocycles. The monoisotopic (exact) mass is 457 g/mol. The summed E-state index contributed by atoms with van der Waals surface area (Å²) in [6.45, 7) is 3.88. The summed E-state index contributed by atoms with van der Waals surface area (Å²) in [6, 6.07) is 15.0. The number of aromatic nitrogens is 6. The van der Waals surface area contributed by atoms with Crippen molar-refractivity contribution in [2.24, 2.45) is 0 Å². The lowest BCUT2D eigenvalue weighted by molar-refractivity contribution is 0.415. The van der Waals surface area contributed by atoms with E-state index in [1.165, 1.54) is 0 Å². The number of nitrogens with one attached hydrogen (secondary N) is 1. The third kappa shape index (κ3) is 4.20. The number of aryl methyl sites for hydroxylation is 2. The maximum atomic E-state index is 6.00. The van der Waals surface area contributed by atoms with E-state index in [0.717, 1.165) is 45.0 Å². The number of benzene rings is 2. The van der Waals surface area contributed by atoms with Crippen molar-refractivity contribution in [1.82, 2.24) is 29.7 Å². The van der Waals surface area contributed by atoms with Crippen LogP contribution in [0.25, 0.3) is 27.8 Å². The van der Waals surface area contributed by atoms with Gasteiger partial charge in [-0.2, -0.15) is 5.10 Å². The molecule has 3 aromatic heterocycles. The zero-order valence-electron chi connectivity index (χ0n) is 18.2. The zero-order chi connectivity index (χ0) is 22.9. The molecule has 5 aromatic rings. The molecule has 9 heteroatoms. The van der Waals surface area contributed by atoms with Crippen LogP contribution in [0.15, 0.2) is 60.9 Å². The van der Waals surface area contributed by atoms with Crippen LogP contribution in [0, 0.1) is 13.8 Å². The first-order valence-electron chi connectivity index (χ1n) is 10.3. The van der Waals surface area contributed by atoms with Gasteiger partial charge in [0.2, 0.25) is 11.9 Å². The van der Waals surface area contributed by atoms with E-state index < -0.39 is 0 Å². The van der Waals surface area contributed by atoms with E-state index in [-0.39, 0.29) is 0 Å². The van der Waals surface area contributed by atoms with E-state index in [4.69, 9.17) is 16.3 Å². The largest absolute Gasteiger partial charge is 0.497 e. The van der Waals surface area contributed by atoms with Gasteiger partial charge in [-0.3, -0.25) is 5.32 Å². The van der Waals surface area contributed by atoms with Crippen molar-refractivity contribution >= 4 is 34.4 Å². The van der Waals surface area contributed by atoms with Crippen LogP contribution in [-0.4, -0.2) is 36.8 Å². The molecule has 0 aliphatic heterocycles. The second kappa shape index (κ2) is 8.48. The SMILES string of the molecule is COc1ccc2nc(Nc3nccc(-c4cn(-c5ccc(Cl)cc5)nc4C)n3)nc(C)c2c1. The molecule has 0 saturated carbocycles. The Morgan fingerprint density at radius 1 is 0.909 bits per heavy atom. The first-order valence-corrected chi connectivity index (χ1v) is 10.6. The summed E-state index contributed by atoms with van der Waals surface area (Å²) in [5, 5.41) is 9.35. The van der Waals surface area contributed by atoms with Gasteiger partial charge in [0.05, 0.1) is 35.4 Å². The molecule has 0 amide bonds. The second-order valence-electron chi connectivity index (χ2n) is 7.46. The highest BCUT2D eigenvalue weighted by Crippen LogP contribution is 2.26. The van der Waals surface area contributed by atoms with Crippen LogP contribution in [0.2, 0.25) is 5.02 Å². The average Bonchev–Trinajstić information content (AvgIpc) is 3.21. The highest BCUT2D eigenvalue weighted by molar-refractivity contribution is 6.30. The first-order chi connectivity index (χ1) is 16.0. The summed E-state index contributed by atoms with van der Waals surface area (Å²) in [5.74, 6) is 1.59. The minimum absolute atomic E-state index is 0.401. The predicted octanol–water partition coefficient (Wildman–Crippen LogP) is 5.29. The Morgan fingerprint density at radius 2 is 1.73 bits per heavy atom. The zero-order valence-corrected chi connectivity index (χ0v) is 19.0. The fourth-order valence-electron chi connectivity index (χ4n) is 3.55. The molecule has 0 aliphatic carbocycles. The molecule has 33 heavy (non-hydrogen) atoms. The van der Waals surface area contributed by atoms with Crippen LogP contribution in [-0.2, 0) is 0 Å². The minimum atomic E-state index is 0.401. The number of methoxy groups -OCH3 is 1. The van der Waals surface area contributed by atoms with E-state index in [2.05, 4.69) is 30.4 Å². The number of hydrogen-bond acceptors (Lipinski definition) is 7. The molecular formula is C24H20ClN7O. The number of ether oxygens (including phenoxy) is 1. The Hall–Kier alpha value is -4.04. The fraction of sp³-hybridized carbons (Fsp3) is 0.125. The number of anilines is 2. The lowest BCUT2D eigenvalue weighted by Gasteiger charge is -2.09. The maximum absolute atomic E-state index is 6.00. The number of fused-ring (bicyclic) bond motifs is 1. The molecule has 1 N–H and O–H groups in total.